The number of ether oxygens (including phenoxy) is 1. The van der Waals surface area contributed by atoms with E-state index in [1.165, 1.54) is 0 Å². The summed E-state index contributed by atoms with van der Waals surface area (Å²) in [6.07, 6.45) is 1.18. The number of carbonyl (C=O) groups is 3. The minimum Gasteiger partial charge on any atom is -0.454 e. The van der Waals surface area contributed by atoms with Crippen molar-refractivity contribution < 1.29 is 19.1 Å². The van der Waals surface area contributed by atoms with Crippen LogP contribution >= 0.6 is 23.4 Å². The van der Waals surface area contributed by atoms with E-state index in [9.17, 15) is 14.4 Å². The summed E-state index contributed by atoms with van der Waals surface area (Å²) in [6, 6.07) is 4.49. The number of hydrogen-bond acceptors (Lipinski definition) is 5. The van der Waals surface area contributed by atoms with Gasteiger partial charge in [-0.3, -0.25) is 9.59 Å². The second-order valence-corrected chi connectivity index (χ2v) is 8.32. The highest BCUT2D eigenvalue weighted by molar-refractivity contribution is 8.01. The summed E-state index contributed by atoms with van der Waals surface area (Å²) in [4.78, 5) is 37.7. The van der Waals surface area contributed by atoms with Gasteiger partial charge in [-0.25, -0.2) is 4.79 Å². The van der Waals surface area contributed by atoms with E-state index in [-0.39, 0.29) is 17.4 Å². The molecule has 0 saturated carbocycles. The van der Waals surface area contributed by atoms with Gasteiger partial charge in [-0.05, 0) is 44.0 Å². The Morgan fingerprint density at radius 2 is 2.24 bits per heavy atom. The summed E-state index contributed by atoms with van der Waals surface area (Å²) in [5.74, 6) is -0.496. The molecule has 2 aliphatic heterocycles. The molecule has 0 spiro atoms. The van der Waals surface area contributed by atoms with Crippen molar-refractivity contribution in [3.63, 3.8) is 0 Å². The Morgan fingerprint density at radius 3 is 2.96 bits per heavy atom. The van der Waals surface area contributed by atoms with Crippen LogP contribution in [0.25, 0.3) is 0 Å². The minimum atomic E-state index is -0.616. The number of aryl methyl sites for hydroxylation is 1. The van der Waals surface area contributed by atoms with Gasteiger partial charge in [0.2, 0.25) is 5.91 Å². The molecular formula is C17H19ClN2O4S. The molecule has 8 heteroatoms. The molecule has 3 rings (SSSR count). The molecule has 2 aliphatic rings. The van der Waals surface area contributed by atoms with E-state index < -0.39 is 17.9 Å². The van der Waals surface area contributed by atoms with Crippen LogP contribution in [0.15, 0.2) is 18.2 Å². The van der Waals surface area contributed by atoms with Crippen molar-refractivity contribution in [3.05, 3.63) is 28.8 Å². The topological polar surface area (TPSA) is 75.7 Å². The van der Waals surface area contributed by atoms with Crippen molar-refractivity contribution in [1.29, 1.82) is 0 Å². The standard InChI is InChI=1S/C17H19ClN2O4S/c1-10-7-11(18)3-4-12(10)19-14(21)8-24-16(23)13-9-25-17(2)6-5-15(22)20(13)17/h3-4,7,13H,5-6,8-9H2,1-2H3,(H,19,21)/t13-,17-/m0/s1. The molecule has 0 bridgehead atoms. The van der Waals surface area contributed by atoms with Crippen LogP contribution in [0.3, 0.4) is 0 Å². The van der Waals surface area contributed by atoms with Gasteiger partial charge in [0.05, 0.1) is 4.87 Å². The normalized spacial score (nSPS) is 25.0. The molecule has 2 atom stereocenters. The Balaban J connectivity index is 1.55. The van der Waals surface area contributed by atoms with Crippen molar-refractivity contribution in [1.82, 2.24) is 4.90 Å². The number of thioether (sulfide) groups is 1. The number of rotatable bonds is 4. The first-order chi connectivity index (χ1) is 11.8. The van der Waals surface area contributed by atoms with Gasteiger partial charge in [0.25, 0.3) is 5.91 Å². The summed E-state index contributed by atoms with van der Waals surface area (Å²) in [5.41, 5.74) is 1.43. The fourth-order valence-corrected chi connectivity index (χ4v) is 4.82. The van der Waals surface area contributed by atoms with E-state index in [1.54, 1.807) is 34.9 Å². The average molecular weight is 383 g/mol. The quantitative estimate of drug-likeness (QED) is 0.810. The van der Waals surface area contributed by atoms with E-state index in [4.69, 9.17) is 16.3 Å². The number of esters is 1. The average Bonchev–Trinajstić information content (AvgIpc) is 3.04. The van der Waals surface area contributed by atoms with Crippen LogP contribution in [0.5, 0.6) is 0 Å². The molecule has 2 saturated heterocycles. The maximum atomic E-state index is 12.3. The van der Waals surface area contributed by atoms with Crippen LogP contribution in [0.1, 0.15) is 25.3 Å². The maximum absolute atomic E-state index is 12.3. The summed E-state index contributed by atoms with van der Waals surface area (Å²) in [7, 11) is 0. The number of nitrogens with zero attached hydrogens (tertiary/aromatic N) is 1. The number of carbonyl (C=O) groups excluding carboxylic acids is 3. The number of halogens is 1. The first-order valence-corrected chi connectivity index (χ1v) is 9.35. The largest absolute Gasteiger partial charge is 0.454 e. The van der Waals surface area contributed by atoms with Gasteiger partial charge in [0, 0.05) is 22.9 Å². The van der Waals surface area contributed by atoms with E-state index in [0.717, 1.165) is 12.0 Å². The zero-order chi connectivity index (χ0) is 18.2. The molecule has 25 heavy (non-hydrogen) atoms. The lowest BCUT2D eigenvalue weighted by molar-refractivity contribution is -0.155. The Labute approximate surface area is 155 Å². The second-order valence-electron chi connectivity index (χ2n) is 6.38. The highest BCUT2D eigenvalue weighted by atomic mass is 35.5. The molecule has 1 aromatic carbocycles. The van der Waals surface area contributed by atoms with E-state index in [0.29, 0.717) is 22.9 Å². The molecule has 0 unspecified atom stereocenters. The number of hydrogen-bond donors (Lipinski definition) is 1. The lowest BCUT2D eigenvalue weighted by Crippen LogP contribution is -2.47. The predicted molar refractivity (Wildman–Crippen MR) is 96.5 cm³/mol. The third kappa shape index (κ3) is 3.62. The van der Waals surface area contributed by atoms with Gasteiger partial charge < -0.3 is 15.0 Å². The van der Waals surface area contributed by atoms with Crippen molar-refractivity contribution in [2.24, 2.45) is 0 Å². The van der Waals surface area contributed by atoms with Gasteiger partial charge in [-0.2, -0.15) is 0 Å². The molecule has 2 heterocycles. The third-order valence-electron chi connectivity index (χ3n) is 4.52. The smallest absolute Gasteiger partial charge is 0.330 e. The molecule has 134 valence electrons. The van der Waals surface area contributed by atoms with Crippen molar-refractivity contribution in [2.75, 3.05) is 17.7 Å². The SMILES string of the molecule is Cc1cc(Cl)ccc1NC(=O)COC(=O)[C@@H]1CS[C@@]2(C)CCC(=O)N12. The number of benzene rings is 1. The third-order valence-corrected chi connectivity index (χ3v) is 6.27. The Morgan fingerprint density at radius 1 is 1.48 bits per heavy atom. The molecule has 2 fully saturated rings. The lowest BCUT2D eigenvalue weighted by Gasteiger charge is -2.29. The number of fused-ring (bicyclic) bond motifs is 1. The van der Waals surface area contributed by atoms with Gasteiger partial charge in [-0.1, -0.05) is 11.6 Å². The molecule has 0 radical (unpaired) electrons. The van der Waals surface area contributed by atoms with Crippen LogP contribution in [0, 0.1) is 6.92 Å². The molecule has 0 aromatic heterocycles. The van der Waals surface area contributed by atoms with Crippen LogP contribution < -0.4 is 5.32 Å². The van der Waals surface area contributed by atoms with Crippen LogP contribution in [-0.4, -0.2) is 46.0 Å². The van der Waals surface area contributed by atoms with Crippen molar-refractivity contribution >= 4 is 46.8 Å². The summed E-state index contributed by atoms with van der Waals surface area (Å²) >= 11 is 7.47. The van der Waals surface area contributed by atoms with Crippen LogP contribution in [0.4, 0.5) is 5.69 Å². The zero-order valence-electron chi connectivity index (χ0n) is 14.0. The van der Waals surface area contributed by atoms with Gasteiger partial charge in [0.15, 0.2) is 6.61 Å². The van der Waals surface area contributed by atoms with E-state index >= 15 is 0 Å². The Bertz CT molecular complexity index is 741. The minimum absolute atomic E-state index is 0.0318. The molecule has 1 aromatic rings. The fourth-order valence-electron chi connectivity index (χ4n) is 3.18. The van der Waals surface area contributed by atoms with E-state index in [2.05, 4.69) is 5.32 Å². The number of amides is 2. The molecule has 0 aliphatic carbocycles. The van der Waals surface area contributed by atoms with Crippen molar-refractivity contribution in [2.45, 2.75) is 37.6 Å². The van der Waals surface area contributed by atoms with E-state index in [1.807, 2.05) is 13.8 Å². The Kier molecular flexibility index (Phi) is 4.97. The molecule has 1 N–H and O–H groups in total. The first kappa shape index (κ1) is 18.1. The maximum Gasteiger partial charge on any atom is 0.330 e. The van der Waals surface area contributed by atoms with Gasteiger partial charge in [-0.15, -0.1) is 11.8 Å². The predicted octanol–water partition coefficient (Wildman–Crippen LogP) is 2.58. The van der Waals surface area contributed by atoms with Crippen molar-refractivity contribution in [3.8, 4) is 0 Å². The lowest BCUT2D eigenvalue weighted by atomic mass is 10.2. The monoisotopic (exact) mass is 382 g/mol. The highest BCUT2D eigenvalue weighted by Gasteiger charge is 2.53. The first-order valence-electron chi connectivity index (χ1n) is 7.99. The van der Waals surface area contributed by atoms with Crippen LogP contribution in [-0.2, 0) is 19.1 Å². The Hall–Kier alpha value is -1.73. The van der Waals surface area contributed by atoms with Gasteiger partial charge >= 0.3 is 5.97 Å². The molecular weight excluding hydrogens is 364 g/mol. The molecule has 2 amide bonds. The highest BCUT2D eigenvalue weighted by Crippen LogP contribution is 2.47. The fraction of sp³-hybridized carbons (Fsp3) is 0.471. The number of anilines is 1. The molecule has 6 nitrogen and oxygen atoms in total. The summed E-state index contributed by atoms with van der Waals surface area (Å²) in [6.45, 7) is 3.40. The summed E-state index contributed by atoms with van der Waals surface area (Å²) in [5, 5.41) is 3.27. The zero-order valence-corrected chi connectivity index (χ0v) is 15.6. The summed E-state index contributed by atoms with van der Waals surface area (Å²) < 4.78 is 5.14. The number of nitrogens with one attached hydrogen (secondary N) is 1. The second kappa shape index (κ2) is 6.88. The van der Waals surface area contributed by atoms with Crippen LogP contribution in [0.2, 0.25) is 5.02 Å². The van der Waals surface area contributed by atoms with Gasteiger partial charge in [0.1, 0.15) is 6.04 Å².